The van der Waals surface area contributed by atoms with Crippen molar-refractivity contribution >= 4 is 26.8 Å². The normalized spacial score (nSPS) is 10.6. The molecule has 0 aromatic carbocycles. The summed E-state index contributed by atoms with van der Waals surface area (Å²) in [4.78, 5) is 14.8. The Balaban J connectivity index is 3.06. The fraction of sp³-hybridized carbons (Fsp3) is 0. The van der Waals surface area contributed by atoms with Gasteiger partial charge in [0.15, 0.2) is 0 Å². The van der Waals surface area contributed by atoms with Gasteiger partial charge in [-0.15, -0.1) is 0 Å². The van der Waals surface area contributed by atoms with Crippen molar-refractivity contribution in [2.45, 2.75) is 0 Å². The molecule has 0 atom stereocenters. The van der Waals surface area contributed by atoms with E-state index in [2.05, 4.69) is 31.1 Å². The van der Waals surface area contributed by atoms with E-state index >= 15 is 0 Å². The van der Waals surface area contributed by atoms with Gasteiger partial charge in [0, 0.05) is 12.4 Å². The van der Waals surface area contributed by atoms with Crippen LogP contribution in [0.1, 0.15) is 0 Å². The van der Waals surface area contributed by atoms with E-state index in [4.69, 9.17) is 0 Å². The molecule has 0 fully saturated rings. The number of fused-ring (bicyclic) bond motifs is 1. The topological polar surface area (TPSA) is 61.5 Å². The number of aromatic amines is 2. The molecule has 2 rings (SSSR count). The molecule has 2 heterocycles. The molecule has 0 aliphatic rings. The van der Waals surface area contributed by atoms with E-state index in [9.17, 15) is 4.79 Å². The molecular weight excluding hydrogens is 210 g/mol. The van der Waals surface area contributed by atoms with Crippen molar-refractivity contribution in [3.8, 4) is 0 Å². The zero-order chi connectivity index (χ0) is 7.84. The predicted molar refractivity (Wildman–Crippen MR) is 44.4 cm³/mol. The maximum Gasteiger partial charge on any atom is 0.273 e. The minimum absolute atomic E-state index is 0.145. The highest BCUT2D eigenvalue weighted by Crippen LogP contribution is 2.16. The second-order valence-electron chi connectivity index (χ2n) is 2.12. The summed E-state index contributed by atoms with van der Waals surface area (Å²) < 4.78 is 0.786. The summed E-state index contributed by atoms with van der Waals surface area (Å²) >= 11 is 3.26. The fourth-order valence-electron chi connectivity index (χ4n) is 0.921. The molecule has 0 bridgehead atoms. The molecule has 4 nitrogen and oxygen atoms in total. The molecule has 0 saturated heterocycles. The van der Waals surface area contributed by atoms with Crippen LogP contribution in [0.2, 0.25) is 0 Å². The smallest absolute Gasteiger partial charge is 0.273 e. The van der Waals surface area contributed by atoms with Crippen molar-refractivity contribution in [2.75, 3.05) is 0 Å². The van der Waals surface area contributed by atoms with E-state index in [1.807, 2.05) is 0 Å². The molecule has 2 aromatic heterocycles. The number of rotatable bonds is 0. The van der Waals surface area contributed by atoms with Crippen LogP contribution in [0.4, 0.5) is 0 Å². The zero-order valence-corrected chi connectivity index (χ0v) is 6.97. The molecule has 2 aromatic rings. The van der Waals surface area contributed by atoms with Gasteiger partial charge in [0.05, 0.1) is 15.4 Å². The van der Waals surface area contributed by atoms with Crippen LogP contribution < -0.4 is 5.56 Å². The summed E-state index contributed by atoms with van der Waals surface area (Å²) in [6.45, 7) is 0. The standard InChI is InChI=1S/C6H4BrN3O/c7-4-2-8-1-3-5(4)9-10-6(3)11/h1-2H,(H2,9,10,11). The van der Waals surface area contributed by atoms with Crippen LogP contribution in [0, 0.1) is 0 Å². The lowest BCUT2D eigenvalue weighted by molar-refractivity contribution is 1.08. The maximum absolute atomic E-state index is 11.0. The van der Waals surface area contributed by atoms with Gasteiger partial charge in [0.25, 0.3) is 5.56 Å². The molecule has 0 saturated carbocycles. The van der Waals surface area contributed by atoms with Crippen molar-refractivity contribution in [3.63, 3.8) is 0 Å². The number of hydrogen-bond acceptors (Lipinski definition) is 2. The van der Waals surface area contributed by atoms with Gasteiger partial charge in [-0.2, -0.15) is 0 Å². The van der Waals surface area contributed by atoms with Gasteiger partial charge in [-0.25, -0.2) is 0 Å². The number of halogens is 1. The first-order chi connectivity index (χ1) is 5.29. The molecule has 0 amide bonds. The number of aromatic nitrogens is 3. The second kappa shape index (κ2) is 2.20. The van der Waals surface area contributed by atoms with Gasteiger partial charge >= 0.3 is 0 Å². The van der Waals surface area contributed by atoms with Gasteiger partial charge in [0.2, 0.25) is 0 Å². The van der Waals surface area contributed by atoms with Crippen molar-refractivity contribution in [1.29, 1.82) is 0 Å². The van der Waals surface area contributed by atoms with Crippen LogP contribution in [0.25, 0.3) is 10.9 Å². The molecular formula is C6H4BrN3O. The van der Waals surface area contributed by atoms with Crippen molar-refractivity contribution in [3.05, 3.63) is 27.2 Å². The Morgan fingerprint density at radius 3 is 2.91 bits per heavy atom. The van der Waals surface area contributed by atoms with E-state index in [1.165, 1.54) is 6.20 Å². The van der Waals surface area contributed by atoms with Crippen molar-refractivity contribution in [2.24, 2.45) is 0 Å². The van der Waals surface area contributed by atoms with Crippen molar-refractivity contribution < 1.29 is 0 Å². The minimum Gasteiger partial charge on any atom is -0.296 e. The van der Waals surface area contributed by atoms with Crippen LogP contribution in [0.15, 0.2) is 21.7 Å². The number of nitrogens with one attached hydrogen (secondary N) is 2. The Hall–Kier alpha value is -1.10. The van der Waals surface area contributed by atoms with Crippen LogP contribution in [-0.4, -0.2) is 15.2 Å². The average Bonchev–Trinajstić information content (AvgIpc) is 2.35. The van der Waals surface area contributed by atoms with Gasteiger partial charge in [-0.05, 0) is 15.9 Å². The third-order valence-corrected chi connectivity index (χ3v) is 2.05. The van der Waals surface area contributed by atoms with Gasteiger partial charge in [0.1, 0.15) is 0 Å². The molecule has 0 spiro atoms. The Morgan fingerprint density at radius 2 is 2.18 bits per heavy atom. The molecule has 0 aliphatic heterocycles. The number of nitrogens with zero attached hydrogens (tertiary/aromatic N) is 1. The van der Waals surface area contributed by atoms with E-state index in [0.717, 1.165) is 9.99 Å². The third kappa shape index (κ3) is 0.883. The summed E-state index contributed by atoms with van der Waals surface area (Å²) in [7, 11) is 0. The first kappa shape index (κ1) is 6.60. The summed E-state index contributed by atoms with van der Waals surface area (Å²) in [6.07, 6.45) is 3.15. The fourth-order valence-corrected chi connectivity index (χ4v) is 1.35. The minimum atomic E-state index is -0.145. The van der Waals surface area contributed by atoms with Crippen LogP contribution >= 0.6 is 15.9 Å². The third-order valence-electron chi connectivity index (χ3n) is 1.45. The molecule has 0 aliphatic carbocycles. The Kier molecular flexibility index (Phi) is 1.32. The predicted octanol–water partition coefficient (Wildman–Crippen LogP) is 1.01. The van der Waals surface area contributed by atoms with Crippen LogP contribution in [-0.2, 0) is 0 Å². The lowest BCUT2D eigenvalue weighted by Crippen LogP contribution is -1.97. The first-order valence-corrected chi connectivity index (χ1v) is 3.78. The number of pyridine rings is 1. The van der Waals surface area contributed by atoms with E-state index in [1.54, 1.807) is 6.20 Å². The molecule has 2 N–H and O–H groups in total. The summed E-state index contributed by atoms with van der Waals surface area (Å²) in [5, 5.41) is 5.77. The summed E-state index contributed by atoms with van der Waals surface area (Å²) in [6, 6.07) is 0. The maximum atomic E-state index is 11.0. The zero-order valence-electron chi connectivity index (χ0n) is 5.39. The van der Waals surface area contributed by atoms with Gasteiger partial charge in [-0.1, -0.05) is 0 Å². The van der Waals surface area contributed by atoms with Crippen LogP contribution in [0.5, 0.6) is 0 Å². The lowest BCUT2D eigenvalue weighted by Gasteiger charge is -1.88. The van der Waals surface area contributed by atoms with Gasteiger partial charge < -0.3 is 0 Å². The Labute approximate surface area is 69.8 Å². The largest absolute Gasteiger partial charge is 0.296 e. The molecule has 0 unspecified atom stereocenters. The van der Waals surface area contributed by atoms with Crippen LogP contribution in [0.3, 0.4) is 0 Å². The summed E-state index contributed by atoms with van der Waals surface area (Å²) in [5.74, 6) is 0. The Bertz CT molecular complexity index is 444. The highest BCUT2D eigenvalue weighted by Gasteiger charge is 2.02. The number of H-pyrrole nitrogens is 2. The molecule has 5 heteroatoms. The SMILES string of the molecule is O=c1[nH][nH]c2c(Br)cncc12. The quantitative estimate of drug-likeness (QED) is 0.687. The highest BCUT2D eigenvalue weighted by atomic mass is 79.9. The second-order valence-corrected chi connectivity index (χ2v) is 2.98. The summed E-state index contributed by atoms with van der Waals surface area (Å²) in [5.41, 5.74) is 0.610. The van der Waals surface area contributed by atoms with E-state index in [0.29, 0.717) is 5.39 Å². The molecule has 11 heavy (non-hydrogen) atoms. The molecule has 56 valence electrons. The monoisotopic (exact) mass is 213 g/mol. The van der Waals surface area contributed by atoms with Gasteiger partial charge in [-0.3, -0.25) is 20.0 Å². The lowest BCUT2D eigenvalue weighted by atomic mass is 10.3. The average molecular weight is 214 g/mol. The Morgan fingerprint density at radius 1 is 1.36 bits per heavy atom. The van der Waals surface area contributed by atoms with E-state index in [-0.39, 0.29) is 5.56 Å². The first-order valence-electron chi connectivity index (χ1n) is 2.99. The van der Waals surface area contributed by atoms with Crippen molar-refractivity contribution in [1.82, 2.24) is 15.2 Å². The van der Waals surface area contributed by atoms with E-state index < -0.39 is 0 Å². The molecule has 0 radical (unpaired) electrons. The highest BCUT2D eigenvalue weighted by molar-refractivity contribution is 9.10. The number of hydrogen-bond donors (Lipinski definition) is 2.